The third kappa shape index (κ3) is 3.18. The van der Waals surface area contributed by atoms with Crippen LogP contribution in [0.4, 0.5) is 22.7 Å². The number of fused-ring (bicyclic) bond motifs is 1. The first-order chi connectivity index (χ1) is 13.0. The van der Waals surface area contributed by atoms with Crippen molar-refractivity contribution in [3.8, 4) is 0 Å². The molecular formula is C19H21N5O3. The van der Waals surface area contributed by atoms with Gasteiger partial charge in [0.2, 0.25) is 5.52 Å². The third-order valence-corrected chi connectivity index (χ3v) is 5.02. The summed E-state index contributed by atoms with van der Waals surface area (Å²) in [4.78, 5) is 13.6. The van der Waals surface area contributed by atoms with Gasteiger partial charge in [0.25, 0.3) is 0 Å². The number of piperidine rings is 1. The minimum atomic E-state index is -0.432. The highest BCUT2D eigenvalue weighted by atomic mass is 16.6. The maximum atomic E-state index is 11.8. The van der Waals surface area contributed by atoms with Crippen LogP contribution in [0, 0.1) is 24.0 Å². The molecule has 8 nitrogen and oxygen atoms in total. The minimum Gasteiger partial charge on any atom is -0.370 e. The van der Waals surface area contributed by atoms with Crippen molar-refractivity contribution in [3.63, 3.8) is 0 Å². The van der Waals surface area contributed by atoms with Crippen molar-refractivity contribution in [2.45, 2.75) is 33.1 Å². The Balaban J connectivity index is 1.86. The highest BCUT2D eigenvalue weighted by Gasteiger charge is 2.28. The maximum Gasteiger partial charge on any atom is 0.324 e. The number of nitrogens with one attached hydrogen (secondary N) is 1. The van der Waals surface area contributed by atoms with E-state index in [1.165, 1.54) is 6.42 Å². The molecule has 2 heterocycles. The maximum absolute atomic E-state index is 11.8. The molecule has 0 unspecified atom stereocenters. The number of nitro benzene ring substituents is 1. The van der Waals surface area contributed by atoms with Crippen molar-refractivity contribution < 1.29 is 9.55 Å². The summed E-state index contributed by atoms with van der Waals surface area (Å²) in [5, 5.41) is 22.8. The number of nitro groups is 1. The summed E-state index contributed by atoms with van der Waals surface area (Å²) in [6.07, 6.45) is 3.37. The van der Waals surface area contributed by atoms with E-state index in [1.54, 1.807) is 6.07 Å². The van der Waals surface area contributed by atoms with E-state index in [2.05, 4.69) is 20.5 Å². The van der Waals surface area contributed by atoms with E-state index in [-0.39, 0.29) is 11.2 Å². The van der Waals surface area contributed by atoms with Crippen molar-refractivity contribution in [1.82, 2.24) is 10.3 Å². The second-order valence-corrected chi connectivity index (χ2v) is 7.00. The molecule has 1 N–H and O–H groups in total. The van der Waals surface area contributed by atoms with Gasteiger partial charge in [0.05, 0.1) is 10.6 Å². The molecule has 27 heavy (non-hydrogen) atoms. The Morgan fingerprint density at radius 1 is 1.07 bits per heavy atom. The summed E-state index contributed by atoms with van der Waals surface area (Å²) in [7, 11) is 0. The number of hydrogen-bond donors (Lipinski definition) is 1. The van der Waals surface area contributed by atoms with Gasteiger partial charge in [-0.3, -0.25) is 10.1 Å². The highest BCUT2D eigenvalue weighted by Crippen LogP contribution is 2.40. The van der Waals surface area contributed by atoms with Crippen LogP contribution in [0.15, 0.2) is 28.9 Å². The predicted octanol–water partition coefficient (Wildman–Crippen LogP) is 4.48. The third-order valence-electron chi connectivity index (χ3n) is 5.02. The van der Waals surface area contributed by atoms with E-state index in [4.69, 9.17) is 4.63 Å². The molecule has 0 bridgehead atoms. The Kier molecular flexibility index (Phi) is 4.39. The van der Waals surface area contributed by atoms with Crippen molar-refractivity contribution in [3.05, 3.63) is 45.5 Å². The van der Waals surface area contributed by atoms with Crippen molar-refractivity contribution >= 4 is 33.8 Å². The lowest BCUT2D eigenvalue weighted by atomic mass is 10.1. The lowest BCUT2D eigenvalue weighted by Gasteiger charge is -2.29. The molecule has 8 heteroatoms. The highest BCUT2D eigenvalue weighted by molar-refractivity contribution is 6.00. The Morgan fingerprint density at radius 3 is 2.52 bits per heavy atom. The van der Waals surface area contributed by atoms with Crippen LogP contribution in [0.3, 0.4) is 0 Å². The number of hydrogen-bond acceptors (Lipinski definition) is 7. The second kappa shape index (κ2) is 6.86. The summed E-state index contributed by atoms with van der Waals surface area (Å²) >= 11 is 0. The van der Waals surface area contributed by atoms with Crippen molar-refractivity contribution in [2.24, 2.45) is 0 Å². The summed E-state index contributed by atoms with van der Waals surface area (Å²) in [5.41, 5.74) is 4.70. The Morgan fingerprint density at radius 2 is 1.81 bits per heavy atom. The zero-order valence-corrected chi connectivity index (χ0v) is 15.4. The zero-order valence-electron chi connectivity index (χ0n) is 15.4. The van der Waals surface area contributed by atoms with Crippen LogP contribution >= 0.6 is 0 Å². The molecule has 0 amide bonds. The lowest BCUT2D eigenvalue weighted by molar-refractivity contribution is -0.382. The van der Waals surface area contributed by atoms with E-state index in [9.17, 15) is 10.1 Å². The van der Waals surface area contributed by atoms with E-state index < -0.39 is 4.92 Å². The molecule has 0 aliphatic carbocycles. The fraction of sp³-hybridized carbons (Fsp3) is 0.368. The van der Waals surface area contributed by atoms with Gasteiger partial charge in [-0.1, -0.05) is 17.7 Å². The molecule has 1 fully saturated rings. The standard InChI is InChI=1S/C19H21N5O3/c1-12-6-7-14(13(2)10-12)20-15-11-16(23-8-4-3-5-9-23)17-18(22-27-21-17)19(15)24(25)26/h6-7,10-11,20H,3-5,8-9H2,1-2H3. The van der Waals surface area contributed by atoms with Gasteiger partial charge in [-0.25, -0.2) is 4.63 Å². The van der Waals surface area contributed by atoms with Gasteiger partial charge < -0.3 is 10.2 Å². The molecule has 0 spiro atoms. The largest absolute Gasteiger partial charge is 0.370 e. The van der Waals surface area contributed by atoms with Gasteiger partial charge in [-0.05, 0) is 61.1 Å². The number of aryl methyl sites for hydroxylation is 2. The van der Waals surface area contributed by atoms with Crippen LogP contribution in [-0.4, -0.2) is 28.3 Å². The summed E-state index contributed by atoms with van der Waals surface area (Å²) in [6.45, 7) is 5.77. The summed E-state index contributed by atoms with van der Waals surface area (Å²) < 4.78 is 4.87. The molecule has 0 atom stereocenters. The summed E-state index contributed by atoms with van der Waals surface area (Å²) in [5.74, 6) is 0. The molecule has 0 radical (unpaired) electrons. The summed E-state index contributed by atoms with van der Waals surface area (Å²) in [6, 6.07) is 7.74. The molecule has 4 rings (SSSR count). The molecule has 1 aliphatic rings. The van der Waals surface area contributed by atoms with Crippen LogP contribution in [0.5, 0.6) is 0 Å². The van der Waals surface area contributed by atoms with Gasteiger partial charge in [-0.15, -0.1) is 0 Å². The van der Waals surface area contributed by atoms with Crippen LogP contribution in [0.25, 0.3) is 11.0 Å². The predicted molar refractivity (Wildman–Crippen MR) is 104 cm³/mol. The molecule has 0 saturated carbocycles. The number of nitrogens with zero attached hydrogens (tertiary/aromatic N) is 4. The zero-order chi connectivity index (χ0) is 19.0. The Hall–Kier alpha value is -3.16. The van der Waals surface area contributed by atoms with Crippen LogP contribution < -0.4 is 10.2 Å². The van der Waals surface area contributed by atoms with Crippen LogP contribution in [-0.2, 0) is 0 Å². The van der Waals surface area contributed by atoms with Gasteiger partial charge in [-0.2, -0.15) is 0 Å². The quantitative estimate of drug-likeness (QED) is 0.536. The van der Waals surface area contributed by atoms with Crippen LogP contribution in [0.2, 0.25) is 0 Å². The molecule has 1 saturated heterocycles. The topological polar surface area (TPSA) is 97.3 Å². The first-order valence-corrected chi connectivity index (χ1v) is 9.07. The second-order valence-electron chi connectivity index (χ2n) is 7.00. The molecule has 1 aromatic heterocycles. The van der Waals surface area contributed by atoms with Crippen molar-refractivity contribution in [1.29, 1.82) is 0 Å². The van der Waals surface area contributed by atoms with Gasteiger partial charge in [0.15, 0.2) is 5.52 Å². The fourth-order valence-electron chi connectivity index (χ4n) is 3.67. The van der Waals surface area contributed by atoms with E-state index in [1.807, 2.05) is 32.0 Å². The smallest absolute Gasteiger partial charge is 0.324 e. The molecule has 2 aromatic carbocycles. The SMILES string of the molecule is Cc1ccc(Nc2cc(N3CCCCC3)c3nonc3c2[N+](=O)[O-])c(C)c1. The van der Waals surface area contributed by atoms with Gasteiger partial charge in [0, 0.05) is 18.8 Å². The number of benzene rings is 2. The molecule has 1 aliphatic heterocycles. The lowest BCUT2D eigenvalue weighted by Crippen LogP contribution is -2.29. The first kappa shape index (κ1) is 17.3. The van der Waals surface area contributed by atoms with Crippen molar-refractivity contribution in [2.75, 3.05) is 23.3 Å². The minimum absolute atomic E-state index is 0.119. The average molecular weight is 367 g/mol. The number of rotatable bonds is 4. The van der Waals surface area contributed by atoms with Gasteiger partial charge >= 0.3 is 5.69 Å². The number of anilines is 3. The number of aromatic nitrogens is 2. The fourth-order valence-corrected chi connectivity index (χ4v) is 3.67. The van der Waals surface area contributed by atoms with E-state index in [0.717, 1.165) is 48.4 Å². The molecular weight excluding hydrogens is 346 g/mol. The van der Waals surface area contributed by atoms with Crippen LogP contribution in [0.1, 0.15) is 30.4 Å². The Bertz CT molecular complexity index is 1010. The van der Waals surface area contributed by atoms with Gasteiger partial charge in [0.1, 0.15) is 5.69 Å². The first-order valence-electron chi connectivity index (χ1n) is 9.07. The molecule has 3 aromatic rings. The normalized spacial score (nSPS) is 14.5. The Labute approximate surface area is 156 Å². The monoisotopic (exact) mass is 367 g/mol. The van der Waals surface area contributed by atoms with E-state index in [0.29, 0.717) is 11.2 Å². The van der Waals surface area contributed by atoms with E-state index >= 15 is 0 Å². The average Bonchev–Trinajstić information content (AvgIpc) is 3.13. The molecule has 140 valence electrons.